The van der Waals surface area contributed by atoms with Crippen LogP contribution in [-0.4, -0.2) is 30.3 Å². The second-order valence-electron chi connectivity index (χ2n) is 2.07. The maximum atomic E-state index is 9.93. The van der Waals surface area contributed by atoms with Crippen molar-refractivity contribution in [3.8, 4) is 0 Å². The number of ether oxygens (including phenoxy) is 1. The topological polar surface area (TPSA) is 72.6 Å². The molecule has 1 aromatic heterocycles. The van der Waals surface area contributed by atoms with Crippen LogP contribution in [-0.2, 0) is 11.3 Å². The van der Waals surface area contributed by atoms with E-state index < -0.39 is 0 Å². The van der Waals surface area contributed by atoms with Crippen LogP contribution in [0.4, 0.5) is 0 Å². The first kappa shape index (κ1) is 11.8. The normalized spacial score (nSPS) is 8.85. The van der Waals surface area contributed by atoms with E-state index in [4.69, 9.17) is 5.11 Å². The molecule has 0 spiro atoms. The van der Waals surface area contributed by atoms with Crippen molar-refractivity contribution in [3.63, 3.8) is 0 Å². The highest BCUT2D eigenvalue weighted by atomic mass is 16.5. The second-order valence-corrected chi connectivity index (χ2v) is 2.07. The Morgan fingerprint density at radius 2 is 2.38 bits per heavy atom. The minimum Gasteiger partial charge on any atom is -0.388 e. The van der Waals surface area contributed by atoms with Crippen molar-refractivity contribution in [2.24, 2.45) is 0 Å². The van der Waals surface area contributed by atoms with Gasteiger partial charge in [0, 0.05) is 19.8 Å². The van der Waals surface area contributed by atoms with E-state index in [-0.39, 0.29) is 12.3 Å². The summed E-state index contributed by atoms with van der Waals surface area (Å²) >= 11 is 0. The molecule has 5 heteroatoms. The SMILES string of the molecule is CCOC.O=Cc1cc(CO)on1. The number of hydrogen-bond donors (Lipinski definition) is 1. The molecule has 5 nitrogen and oxygen atoms in total. The van der Waals surface area contributed by atoms with Crippen LogP contribution in [0.3, 0.4) is 0 Å². The quantitative estimate of drug-likeness (QED) is 0.702. The van der Waals surface area contributed by atoms with E-state index in [1.54, 1.807) is 7.11 Å². The molecule has 0 fully saturated rings. The van der Waals surface area contributed by atoms with Gasteiger partial charge < -0.3 is 14.4 Å². The van der Waals surface area contributed by atoms with E-state index in [9.17, 15) is 4.79 Å². The van der Waals surface area contributed by atoms with Gasteiger partial charge in [-0.25, -0.2) is 0 Å². The Morgan fingerprint density at radius 3 is 2.62 bits per heavy atom. The third-order valence-corrected chi connectivity index (χ3v) is 1.14. The molecule has 0 aromatic carbocycles. The van der Waals surface area contributed by atoms with Gasteiger partial charge in [0.25, 0.3) is 0 Å². The number of aromatic nitrogens is 1. The molecule has 74 valence electrons. The van der Waals surface area contributed by atoms with Gasteiger partial charge in [-0.05, 0) is 6.92 Å². The highest BCUT2D eigenvalue weighted by Crippen LogP contribution is 1.99. The van der Waals surface area contributed by atoms with Gasteiger partial charge in [-0.15, -0.1) is 0 Å². The monoisotopic (exact) mass is 187 g/mol. The fraction of sp³-hybridized carbons (Fsp3) is 0.500. The number of hydrogen-bond acceptors (Lipinski definition) is 5. The number of rotatable bonds is 3. The van der Waals surface area contributed by atoms with Crippen LogP contribution in [0, 0.1) is 0 Å². The molecule has 0 amide bonds. The first-order valence-electron chi connectivity index (χ1n) is 3.79. The van der Waals surface area contributed by atoms with E-state index in [1.807, 2.05) is 6.92 Å². The average molecular weight is 187 g/mol. The molecular formula is C8H13NO4. The lowest BCUT2D eigenvalue weighted by atomic mass is 10.4. The van der Waals surface area contributed by atoms with Crippen LogP contribution >= 0.6 is 0 Å². The van der Waals surface area contributed by atoms with Gasteiger partial charge in [-0.3, -0.25) is 4.79 Å². The summed E-state index contributed by atoms with van der Waals surface area (Å²) in [5, 5.41) is 11.7. The fourth-order valence-corrected chi connectivity index (χ4v) is 0.459. The van der Waals surface area contributed by atoms with E-state index >= 15 is 0 Å². The average Bonchev–Trinajstić information content (AvgIpc) is 2.66. The summed E-state index contributed by atoms with van der Waals surface area (Å²) in [5.74, 6) is 0.303. The highest BCUT2D eigenvalue weighted by molar-refractivity contribution is 5.71. The van der Waals surface area contributed by atoms with E-state index in [1.165, 1.54) is 6.07 Å². The summed E-state index contributed by atoms with van der Waals surface area (Å²) in [4.78, 5) is 9.93. The van der Waals surface area contributed by atoms with Crippen LogP contribution < -0.4 is 0 Å². The largest absolute Gasteiger partial charge is 0.388 e. The van der Waals surface area contributed by atoms with Gasteiger partial charge in [-0.2, -0.15) is 0 Å². The van der Waals surface area contributed by atoms with Gasteiger partial charge in [0.05, 0.1) is 0 Å². The summed E-state index contributed by atoms with van der Waals surface area (Å²) in [6, 6.07) is 1.38. The maximum absolute atomic E-state index is 9.93. The Hall–Kier alpha value is -1.20. The number of methoxy groups -OCH3 is 1. The zero-order valence-corrected chi connectivity index (χ0v) is 7.69. The Bertz CT molecular complexity index is 232. The second kappa shape index (κ2) is 7.45. The minimum absolute atomic E-state index is 0.207. The van der Waals surface area contributed by atoms with Gasteiger partial charge in [0.2, 0.25) is 0 Å². The summed E-state index contributed by atoms with van der Waals surface area (Å²) in [6.07, 6.45) is 0.558. The third kappa shape index (κ3) is 5.10. The zero-order valence-electron chi connectivity index (χ0n) is 7.69. The first-order valence-corrected chi connectivity index (χ1v) is 3.79. The van der Waals surface area contributed by atoms with Crippen molar-refractivity contribution in [2.45, 2.75) is 13.5 Å². The molecule has 0 unspecified atom stereocenters. The minimum atomic E-state index is -0.221. The van der Waals surface area contributed by atoms with Crippen LogP contribution in [0.2, 0.25) is 0 Å². The fourth-order valence-electron chi connectivity index (χ4n) is 0.459. The number of nitrogens with zero attached hydrogens (tertiary/aromatic N) is 1. The van der Waals surface area contributed by atoms with E-state index in [0.717, 1.165) is 6.61 Å². The standard InChI is InChI=1S/C5H5NO3.C3H8O/c7-2-4-1-5(3-8)9-6-4;1-3-4-2/h1-2,8H,3H2;3H2,1-2H3. The smallest absolute Gasteiger partial charge is 0.171 e. The van der Waals surface area contributed by atoms with Crippen LogP contribution in [0.1, 0.15) is 23.2 Å². The third-order valence-electron chi connectivity index (χ3n) is 1.14. The molecule has 0 radical (unpaired) electrons. The lowest BCUT2D eigenvalue weighted by molar-refractivity contribution is 0.111. The van der Waals surface area contributed by atoms with Crippen molar-refractivity contribution in [3.05, 3.63) is 17.5 Å². The molecular weight excluding hydrogens is 174 g/mol. The van der Waals surface area contributed by atoms with Gasteiger partial charge in [0.15, 0.2) is 12.0 Å². The lowest BCUT2D eigenvalue weighted by Crippen LogP contribution is -1.75. The predicted molar refractivity (Wildman–Crippen MR) is 45.4 cm³/mol. The molecule has 1 aromatic rings. The zero-order chi connectivity index (χ0) is 10.1. The number of aliphatic hydroxyl groups excluding tert-OH is 1. The Morgan fingerprint density at radius 1 is 1.77 bits per heavy atom. The lowest BCUT2D eigenvalue weighted by Gasteiger charge is -1.76. The molecule has 0 atom stereocenters. The number of aldehydes is 1. The van der Waals surface area contributed by atoms with Crippen LogP contribution in [0.15, 0.2) is 10.6 Å². The molecule has 0 aliphatic heterocycles. The van der Waals surface area contributed by atoms with Gasteiger partial charge in [0.1, 0.15) is 12.3 Å². The number of carbonyl (C=O) groups excluding carboxylic acids is 1. The summed E-state index contributed by atoms with van der Waals surface area (Å²) in [7, 11) is 1.68. The molecule has 0 saturated heterocycles. The van der Waals surface area contributed by atoms with E-state index in [0.29, 0.717) is 12.0 Å². The van der Waals surface area contributed by atoms with Crippen LogP contribution in [0.25, 0.3) is 0 Å². The number of carbonyl (C=O) groups is 1. The van der Waals surface area contributed by atoms with E-state index in [2.05, 4.69) is 14.4 Å². The number of aliphatic hydroxyl groups is 1. The Balaban J connectivity index is 0.000000310. The van der Waals surface area contributed by atoms with Crippen molar-refractivity contribution in [2.75, 3.05) is 13.7 Å². The summed E-state index contributed by atoms with van der Waals surface area (Å²) < 4.78 is 9.02. The van der Waals surface area contributed by atoms with Crippen molar-refractivity contribution >= 4 is 6.29 Å². The summed E-state index contributed by atoms with van der Waals surface area (Å²) in [6.45, 7) is 2.56. The molecule has 13 heavy (non-hydrogen) atoms. The predicted octanol–water partition coefficient (Wildman–Crippen LogP) is 0.632. The molecule has 0 bridgehead atoms. The summed E-state index contributed by atoms with van der Waals surface area (Å²) in [5.41, 5.74) is 0.207. The van der Waals surface area contributed by atoms with Crippen LogP contribution in [0.5, 0.6) is 0 Å². The molecule has 1 N–H and O–H groups in total. The molecule has 0 aliphatic carbocycles. The Kier molecular flexibility index (Phi) is 6.76. The molecule has 0 aliphatic rings. The highest BCUT2D eigenvalue weighted by Gasteiger charge is 1.98. The molecule has 1 heterocycles. The molecule has 1 rings (SSSR count). The Labute approximate surface area is 76.3 Å². The van der Waals surface area contributed by atoms with Crippen molar-refractivity contribution in [1.29, 1.82) is 0 Å². The van der Waals surface area contributed by atoms with Crippen molar-refractivity contribution < 1.29 is 19.2 Å². The molecule has 0 saturated carbocycles. The first-order chi connectivity index (χ1) is 6.28. The van der Waals surface area contributed by atoms with Crippen molar-refractivity contribution in [1.82, 2.24) is 5.16 Å². The maximum Gasteiger partial charge on any atom is 0.171 e. The van der Waals surface area contributed by atoms with Gasteiger partial charge >= 0.3 is 0 Å². The van der Waals surface area contributed by atoms with Gasteiger partial charge in [-0.1, -0.05) is 5.16 Å².